The van der Waals surface area contributed by atoms with Crippen LogP contribution in [0, 0.1) is 0 Å². The van der Waals surface area contributed by atoms with Crippen LogP contribution in [0.3, 0.4) is 0 Å². The molecule has 0 radical (unpaired) electrons. The molecule has 0 saturated heterocycles. The first-order valence-corrected chi connectivity index (χ1v) is 9.05. The third kappa shape index (κ3) is 4.88. The maximum absolute atomic E-state index is 12.1. The standard InChI is InChI=1S/C12H19N5O2S2/c1-2-13-6-5-11-3-4-12(20-11)21(18,19)15-8-10-17-9-7-14-16-17/h3-4,7,9,13,15H,2,5-6,8,10H2,1H3. The van der Waals surface area contributed by atoms with Gasteiger partial charge in [-0.1, -0.05) is 12.1 Å². The van der Waals surface area contributed by atoms with Crippen molar-refractivity contribution in [3.8, 4) is 0 Å². The highest BCUT2D eigenvalue weighted by Gasteiger charge is 2.16. The topological polar surface area (TPSA) is 88.9 Å². The Morgan fingerprint density at radius 3 is 2.90 bits per heavy atom. The number of aromatic nitrogens is 3. The van der Waals surface area contributed by atoms with E-state index in [4.69, 9.17) is 0 Å². The fraction of sp³-hybridized carbons (Fsp3) is 0.500. The Bertz CT molecular complexity index is 636. The van der Waals surface area contributed by atoms with E-state index in [-0.39, 0.29) is 6.54 Å². The number of rotatable bonds is 9. The van der Waals surface area contributed by atoms with Gasteiger partial charge in [-0.3, -0.25) is 4.68 Å². The van der Waals surface area contributed by atoms with Gasteiger partial charge in [-0.05, 0) is 31.6 Å². The van der Waals surface area contributed by atoms with E-state index in [1.807, 2.05) is 13.0 Å². The van der Waals surface area contributed by atoms with Crippen LogP contribution in [0.5, 0.6) is 0 Å². The summed E-state index contributed by atoms with van der Waals surface area (Å²) in [5, 5.41) is 10.7. The van der Waals surface area contributed by atoms with E-state index < -0.39 is 10.0 Å². The van der Waals surface area contributed by atoms with Crippen LogP contribution in [0.4, 0.5) is 0 Å². The monoisotopic (exact) mass is 329 g/mol. The predicted molar refractivity (Wildman–Crippen MR) is 81.8 cm³/mol. The molecule has 0 atom stereocenters. The molecule has 116 valence electrons. The van der Waals surface area contributed by atoms with Crippen molar-refractivity contribution in [2.75, 3.05) is 19.6 Å². The Morgan fingerprint density at radius 1 is 1.33 bits per heavy atom. The summed E-state index contributed by atoms with van der Waals surface area (Å²) in [5.41, 5.74) is 0. The zero-order valence-electron chi connectivity index (χ0n) is 11.8. The molecule has 9 heteroatoms. The summed E-state index contributed by atoms with van der Waals surface area (Å²) in [6.07, 6.45) is 4.09. The Kier molecular flexibility index (Phi) is 5.85. The number of likely N-dealkylation sites (N-methyl/N-ethyl adjacent to an activating group) is 1. The first-order valence-electron chi connectivity index (χ1n) is 6.75. The van der Waals surface area contributed by atoms with E-state index in [1.165, 1.54) is 11.3 Å². The Balaban J connectivity index is 1.86. The van der Waals surface area contributed by atoms with Crippen LogP contribution >= 0.6 is 11.3 Å². The van der Waals surface area contributed by atoms with Gasteiger partial charge < -0.3 is 5.32 Å². The SMILES string of the molecule is CCNCCc1ccc(S(=O)(=O)NCCn2ccnn2)s1. The maximum atomic E-state index is 12.1. The lowest BCUT2D eigenvalue weighted by Gasteiger charge is -2.04. The van der Waals surface area contributed by atoms with Crippen LogP contribution in [0.1, 0.15) is 11.8 Å². The van der Waals surface area contributed by atoms with Crippen LogP contribution in [-0.2, 0) is 23.0 Å². The zero-order valence-corrected chi connectivity index (χ0v) is 13.5. The summed E-state index contributed by atoms with van der Waals surface area (Å²) in [7, 11) is -3.44. The Morgan fingerprint density at radius 2 is 2.19 bits per heavy atom. The summed E-state index contributed by atoms with van der Waals surface area (Å²) >= 11 is 1.31. The van der Waals surface area contributed by atoms with Crippen LogP contribution < -0.4 is 10.0 Å². The average Bonchev–Trinajstić information content (AvgIpc) is 3.10. The first-order chi connectivity index (χ1) is 10.1. The second-order valence-corrected chi connectivity index (χ2v) is 7.55. The van der Waals surface area contributed by atoms with Gasteiger partial charge in [0.25, 0.3) is 0 Å². The quantitative estimate of drug-likeness (QED) is 0.653. The third-order valence-electron chi connectivity index (χ3n) is 2.80. The molecule has 0 aromatic carbocycles. The lowest BCUT2D eigenvalue weighted by molar-refractivity contribution is 0.554. The van der Waals surface area contributed by atoms with Gasteiger partial charge in [0.15, 0.2) is 0 Å². The summed E-state index contributed by atoms with van der Waals surface area (Å²) in [6, 6.07) is 3.53. The summed E-state index contributed by atoms with van der Waals surface area (Å²) in [4.78, 5) is 1.06. The smallest absolute Gasteiger partial charge is 0.250 e. The molecule has 21 heavy (non-hydrogen) atoms. The van der Waals surface area contributed by atoms with Crippen molar-refractivity contribution in [1.82, 2.24) is 25.0 Å². The molecule has 0 fully saturated rings. The number of nitrogens with zero attached hydrogens (tertiary/aromatic N) is 3. The minimum Gasteiger partial charge on any atom is -0.317 e. The number of sulfonamides is 1. The second-order valence-electron chi connectivity index (χ2n) is 4.39. The van der Waals surface area contributed by atoms with Crippen molar-refractivity contribution in [1.29, 1.82) is 0 Å². The number of nitrogens with one attached hydrogen (secondary N) is 2. The molecule has 0 amide bonds. The summed E-state index contributed by atoms with van der Waals surface area (Å²) < 4.78 is 28.8. The molecule has 0 aliphatic carbocycles. The molecule has 2 aromatic rings. The van der Waals surface area contributed by atoms with Crippen molar-refractivity contribution < 1.29 is 8.42 Å². The van der Waals surface area contributed by atoms with E-state index in [0.717, 1.165) is 24.4 Å². The molecular weight excluding hydrogens is 310 g/mol. The van der Waals surface area contributed by atoms with Gasteiger partial charge in [-0.25, -0.2) is 13.1 Å². The Hall–Kier alpha value is -1.29. The van der Waals surface area contributed by atoms with Gasteiger partial charge in [-0.2, -0.15) is 0 Å². The summed E-state index contributed by atoms with van der Waals surface area (Å²) in [5.74, 6) is 0. The molecule has 2 N–H and O–H groups in total. The van der Waals surface area contributed by atoms with Crippen molar-refractivity contribution >= 4 is 21.4 Å². The average molecular weight is 329 g/mol. The highest BCUT2D eigenvalue weighted by Crippen LogP contribution is 2.21. The van der Waals surface area contributed by atoms with E-state index in [0.29, 0.717) is 10.8 Å². The highest BCUT2D eigenvalue weighted by molar-refractivity contribution is 7.91. The van der Waals surface area contributed by atoms with Gasteiger partial charge in [-0.15, -0.1) is 16.4 Å². The van der Waals surface area contributed by atoms with Crippen LogP contribution in [0.2, 0.25) is 0 Å². The van der Waals surface area contributed by atoms with E-state index in [1.54, 1.807) is 23.1 Å². The largest absolute Gasteiger partial charge is 0.317 e. The fourth-order valence-corrected chi connectivity index (χ4v) is 4.16. The molecule has 0 aliphatic heterocycles. The van der Waals surface area contributed by atoms with Crippen LogP contribution in [0.15, 0.2) is 28.7 Å². The predicted octanol–water partition coefficient (Wildman–Crippen LogP) is 0.470. The zero-order chi connectivity index (χ0) is 15.1. The Labute approximate surface area is 128 Å². The lowest BCUT2D eigenvalue weighted by atomic mass is 10.3. The molecule has 2 aromatic heterocycles. The van der Waals surface area contributed by atoms with Crippen molar-refractivity contribution in [3.05, 3.63) is 29.4 Å². The number of hydrogen-bond donors (Lipinski definition) is 2. The number of hydrogen-bond acceptors (Lipinski definition) is 6. The molecule has 0 spiro atoms. The van der Waals surface area contributed by atoms with E-state index in [2.05, 4.69) is 20.4 Å². The van der Waals surface area contributed by atoms with E-state index in [9.17, 15) is 8.42 Å². The molecular formula is C12H19N5O2S2. The minimum absolute atomic E-state index is 0.288. The first kappa shape index (κ1) is 16.1. The summed E-state index contributed by atoms with van der Waals surface area (Å²) in [6.45, 7) is 4.56. The molecule has 0 aliphatic rings. The number of thiophene rings is 1. The van der Waals surface area contributed by atoms with Gasteiger partial charge in [0.2, 0.25) is 10.0 Å². The van der Waals surface area contributed by atoms with Crippen LogP contribution in [-0.4, -0.2) is 43.0 Å². The fourth-order valence-electron chi connectivity index (χ4n) is 1.74. The molecule has 0 saturated carbocycles. The van der Waals surface area contributed by atoms with E-state index >= 15 is 0 Å². The highest BCUT2D eigenvalue weighted by atomic mass is 32.2. The third-order valence-corrected chi connectivity index (χ3v) is 5.90. The van der Waals surface area contributed by atoms with Crippen molar-refractivity contribution in [2.45, 2.75) is 24.1 Å². The van der Waals surface area contributed by atoms with Crippen molar-refractivity contribution in [2.24, 2.45) is 0 Å². The maximum Gasteiger partial charge on any atom is 0.250 e. The van der Waals surface area contributed by atoms with Gasteiger partial charge in [0, 0.05) is 17.6 Å². The van der Waals surface area contributed by atoms with Crippen LogP contribution in [0.25, 0.3) is 0 Å². The minimum atomic E-state index is -3.44. The normalized spacial score (nSPS) is 11.9. The van der Waals surface area contributed by atoms with Gasteiger partial charge in [0.1, 0.15) is 4.21 Å². The second kappa shape index (κ2) is 7.64. The van der Waals surface area contributed by atoms with Gasteiger partial charge in [0.05, 0.1) is 12.7 Å². The molecule has 0 bridgehead atoms. The molecule has 0 unspecified atom stereocenters. The lowest BCUT2D eigenvalue weighted by Crippen LogP contribution is -2.27. The van der Waals surface area contributed by atoms with Crippen molar-refractivity contribution in [3.63, 3.8) is 0 Å². The molecule has 2 heterocycles. The molecule has 2 rings (SSSR count). The van der Waals surface area contributed by atoms with Gasteiger partial charge >= 0.3 is 0 Å². The molecule has 7 nitrogen and oxygen atoms in total.